The molecule has 1 aliphatic heterocycles. The first-order valence-electron chi connectivity index (χ1n) is 6.26. The van der Waals surface area contributed by atoms with Crippen LogP contribution in [0.15, 0.2) is 6.20 Å². The van der Waals surface area contributed by atoms with E-state index in [-0.39, 0.29) is 36.8 Å². The molecule has 4 nitrogen and oxygen atoms in total. The lowest BCUT2D eigenvalue weighted by atomic mass is 10.1. The van der Waals surface area contributed by atoms with E-state index in [1.165, 1.54) is 11.3 Å². The minimum Gasteiger partial charge on any atom is -0.347 e. The number of amides is 1. The van der Waals surface area contributed by atoms with E-state index < -0.39 is 0 Å². The van der Waals surface area contributed by atoms with Crippen molar-refractivity contribution < 1.29 is 4.79 Å². The Balaban J connectivity index is 0.00000162. The van der Waals surface area contributed by atoms with Gasteiger partial charge in [0.25, 0.3) is 5.91 Å². The number of nitrogens with one attached hydrogen (secondary N) is 2. The Kier molecular flexibility index (Phi) is 9.35. The Morgan fingerprint density at radius 3 is 3.00 bits per heavy atom. The molecule has 1 atom stereocenters. The van der Waals surface area contributed by atoms with Crippen LogP contribution in [0.1, 0.15) is 40.9 Å². The summed E-state index contributed by atoms with van der Waals surface area (Å²) in [5, 5.41) is 7.40. The van der Waals surface area contributed by atoms with Crippen LogP contribution in [0, 0.1) is 0 Å². The van der Waals surface area contributed by atoms with Crippen LogP contribution in [0.25, 0.3) is 0 Å². The summed E-state index contributed by atoms with van der Waals surface area (Å²) in [6.07, 6.45) is 5.93. The molecule has 0 spiro atoms. The molecular weight excluding hydrogens is 305 g/mol. The molecule has 2 rings (SSSR count). The summed E-state index contributed by atoms with van der Waals surface area (Å²) >= 11 is 1.51. The summed E-state index contributed by atoms with van der Waals surface area (Å²) < 4.78 is 0. The Hall–Kier alpha value is -0.360. The Morgan fingerprint density at radius 1 is 1.58 bits per heavy atom. The van der Waals surface area contributed by atoms with Crippen molar-refractivity contribution in [2.75, 3.05) is 13.1 Å². The molecule has 19 heavy (non-hydrogen) atoms. The smallest absolute Gasteiger partial charge is 0.263 e. The molecule has 2 N–H and O–H groups in total. The SMILES string of the molecule is CCCc1ncc(C(=O)NC2CCCNC2)s1.Cl.Cl. The summed E-state index contributed by atoms with van der Waals surface area (Å²) in [4.78, 5) is 17.0. The lowest BCUT2D eigenvalue weighted by Crippen LogP contribution is -2.45. The molecule has 1 fully saturated rings. The number of aromatic nitrogens is 1. The molecule has 7 heteroatoms. The fraction of sp³-hybridized carbons (Fsp3) is 0.667. The van der Waals surface area contributed by atoms with Crippen molar-refractivity contribution in [2.24, 2.45) is 0 Å². The van der Waals surface area contributed by atoms with Gasteiger partial charge in [-0.25, -0.2) is 4.98 Å². The van der Waals surface area contributed by atoms with Gasteiger partial charge in [-0.05, 0) is 32.2 Å². The van der Waals surface area contributed by atoms with E-state index in [0.29, 0.717) is 0 Å². The second-order valence-electron chi connectivity index (χ2n) is 4.38. The largest absolute Gasteiger partial charge is 0.347 e. The van der Waals surface area contributed by atoms with Crippen molar-refractivity contribution in [1.82, 2.24) is 15.6 Å². The second-order valence-corrected chi connectivity index (χ2v) is 5.50. The maximum atomic E-state index is 12.0. The fourth-order valence-electron chi connectivity index (χ4n) is 1.98. The number of nitrogens with zero attached hydrogens (tertiary/aromatic N) is 1. The molecular formula is C12H21Cl2N3OS. The van der Waals surface area contributed by atoms with Crippen LogP contribution in [0.2, 0.25) is 0 Å². The van der Waals surface area contributed by atoms with E-state index in [9.17, 15) is 4.79 Å². The maximum absolute atomic E-state index is 12.0. The Labute approximate surface area is 130 Å². The highest BCUT2D eigenvalue weighted by Gasteiger charge is 2.17. The lowest BCUT2D eigenvalue weighted by molar-refractivity contribution is 0.0934. The predicted octanol–water partition coefficient (Wildman–Crippen LogP) is 2.42. The van der Waals surface area contributed by atoms with Gasteiger partial charge < -0.3 is 10.6 Å². The molecule has 1 aromatic heterocycles. The first-order valence-corrected chi connectivity index (χ1v) is 7.07. The normalized spacial score (nSPS) is 18.1. The Bertz CT molecular complexity index is 381. The standard InChI is InChI=1S/C12H19N3OS.2ClH/c1-2-4-11-14-8-10(17-11)12(16)15-9-5-3-6-13-7-9;;/h8-9,13H,2-7H2,1H3,(H,15,16);2*1H. The van der Waals surface area contributed by atoms with Crippen molar-refractivity contribution in [2.45, 2.75) is 38.6 Å². The van der Waals surface area contributed by atoms with Gasteiger partial charge >= 0.3 is 0 Å². The van der Waals surface area contributed by atoms with Gasteiger partial charge in [0.2, 0.25) is 0 Å². The predicted molar refractivity (Wildman–Crippen MR) is 84.0 cm³/mol. The summed E-state index contributed by atoms with van der Waals surface area (Å²) in [6, 6.07) is 0.271. The van der Waals surface area contributed by atoms with Gasteiger partial charge in [0.05, 0.1) is 11.2 Å². The van der Waals surface area contributed by atoms with E-state index >= 15 is 0 Å². The second kappa shape index (κ2) is 9.53. The molecule has 0 bridgehead atoms. The van der Waals surface area contributed by atoms with E-state index in [0.717, 1.165) is 48.7 Å². The number of aryl methyl sites for hydroxylation is 1. The van der Waals surface area contributed by atoms with Gasteiger partial charge in [0, 0.05) is 12.6 Å². The van der Waals surface area contributed by atoms with Crippen LogP contribution in [0.5, 0.6) is 0 Å². The molecule has 110 valence electrons. The number of thiazole rings is 1. The van der Waals surface area contributed by atoms with Gasteiger partial charge in [-0.2, -0.15) is 0 Å². The first-order chi connectivity index (χ1) is 8.29. The van der Waals surface area contributed by atoms with Crippen molar-refractivity contribution in [1.29, 1.82) is 0 Å². The van der Waals surface area contributed by atoms with E-state index in [4.69, 9.17) is 0 Å². The maximum Gasteiger partial charge on any atom is 0.263 e. The topological polar surface area (TPSA) is 54.0 Å². The lowest BCUT2D eigenvalue weighted by Gasteiger charge is -2.23. The van der Waals surface area contributed by atoms with Gasteiger partial charge in [0.15, 0.2) is 0 Å². The zero-order valence-corrected chi connectivity index (χ0v) is 13.4. The minimum atomic E-state index is 0. The van der Waals surface area contributed by atoms with E-state index in [1.54, 1.807) is 6.20 Å². The number of hydrogen-bond acceptors (Lipinski definition) is 4. The number of rotatable bonds is 4. The van der Waals surface area contributed by atoms with E-state index in [2.05, 4.69) is 22.5 Å². The quantitative estimate of drug-likeness (QED) is 0.893. The molecule has 1 aliphatic rings. The van der Waals surface area contributed by atoms with Crippen LogP contribution in [0.4, 0.5) is 0 Å². The van der Waals surface area contributed by atoms with Gasteiger partial charge in [0.1, 0.15) is 4.88 Å². The molecule has 1 unspecified atom stereocenters. The molecule has 2 heterocycles. The third-order valence-electron chi connectivity index (χ3n) is 2.87. The zero-order valence-electron chi connectivity index (χ0n) is 11.0. The van der Waals surface area contributed by atoms with Crippen LogP contribution in [-0.4, -0.2) is 30.0 Å². The van der Waals surface area contributed by atoms with Crippen molar-refractivity contribution in [3.63, 3.8) is 0 Å². The van der Waals surface area contributed by atoms with Crippen molar-refractivity contribution >= 4 is 42.1 Å². The monoisotopic (exact) mass is 325 g/mol. The number of halogens is 2. The summed E-state index contributed by atoms with van der Waals surface area (Å²) in [6.45, 7) is 4.06. The molecule has 0 saturated carbocycles. The summed E-state index contributed by atoms with van der Waals surface area (Å²) in [7, 11) is 0. The van der Waals surface area contributed by atoms with Crippen LogP contribution in [-0.2, 0) is 6.42 Å². The average molecular weight is 326 g/mol. The third-order valence-corrected chi connectivity index (χ3v) is 3.93. The minimum absolute atomic E-state index is 0. The van der Waals surface area contributed by atoms with Crippen molar-refractivity contribution in [3.05, 3.63) is 16.1 Å². The Morgan fingerprint density at radius 2 is 2.37 bits per heavy atom. The number of piperidine rings is 1. The van der Waals surface area contributed by atoms with Gasteiger partial charge in [-0.1, -0.05) is 6.92 Å². The van der Waals surface area contributed by atoms with E-state index in [1.807, 2.05) is 0 Å². The molecule has 1 amide bonds. The highest BCUT2D eigenvalue weighted by molar-refractivity contribution is 7.13. The third kappa shape index (κ3) is 5.65. The number of carbonyl (C=O) groups excluding carboxylic acids is 1. The van der Waals surface area contributed by atoms with Crippen LogP contribution >= 0.6 is 36.2 Å². The molecule has 0 aromatic carbocycles. The molecule has 1 aromatic rings. The number of carbonyl (C=O) groups is 1. The fourth-order valence-corrected chi connectivity index (χ4v) is 2.90. The van der Waals surface area contributed by atoms with Crippen LogP contribution in [0.3, 0.4) is 0 Å². The molecule has 0 radical (unpaired) electrons. The van der Waals surface area contributed by atoms with Crippen LogP contribution < -0.4 is 10.6 Å². The summed E-state index contributed by atoms with van der Waals surface area (Å²) in [5.74, 6) is 0.0264. The highest BCUT2D eigenvalue weighted by atomic mass is 35.5. The first kappa shape index (κ1) is 18.6. The van der Waals surface area contributed by atoms with Crippen molar-refractivity contribution in [3.8, 4) is 0 Å². The highest BCUT2D eigenvalue weighted by Crippen LogP contribution is 2.15. The average Bonchev–Trinajstić information content (AvgIpc) is 2.79. The molecule has 1 saturated heterocycles. The number of hydrogen-bond donors (Lipinski definition) is 2. The van der Waals surface area contributed by atoms with Gasteiger partial charge in [-0.3, -0.25) is 4.79 Å². The summed E-state index contributed by atoms with van der Waals surface area (Å²) in [5.41, 5.74) is 0. The molecule has 0 aliphatic carbocycles. The van der Waals surface area contributed by atoms with Gasteiger partial charge in [-0.15, -0.1) is 36.2 Å². The zero-order chi connectivity index (χ0) is 12.1.